The van der Waals surface area contributed by atoms with Gasteiger partial charge in [-0.1, -0.05) is 30.3 Å². The highest BCUT2D eigenvalue weighted by molar-refractivity contribution is 5.79. The Morgan fingerprint density at radius 2 is 1.92 bits per heavy atom. The zero-order valence-corrected chi connectivity index (χ0v) is 15.5. The summed E-state index contributed by atoms with van der Waals surface area (Å²) in [6.07, 6.45) is 2.27. The fourth-order valence-electron chi connectivity index (χ4n) is 2.95. The van der Waals surface area contributed by atoms with Crippen molar-refractivity contribution in [3.63, 3.8) is 0 Å². The highest BCUT2D eigenvalue weighted by Crippen LogP contribution is 2.13. The summed E-state index contributed by atoms with van der Waals surface area (Å²) in [4.78, 5) is 6.82. The largest absolute Gasteiger partial charge is 0.382 e. The van der Waals surface area contributed by atoms with Crippen LogP contribution in [0.3, 0.4) is 0 Å². The van der Waals surface area contributed by atoms with Gasteiger partial charge in [-0.15, -0.1) is 0 Å². The standard InChI is InChI=1S/C19H32N4O2/c1-20-19(21-10-13-25-15-14-24-2)22-18-8-11-23(12-9-18)16-17-6-4-3-5-7-17/h3-7,18H,8-16H2,1-2H3,(H2,20,21,22). The average molecular weight is 348 g/mol. The molecule has 0 spiro atoms. The molecule has 1 aromatic rings. The van der Waals surface area contributed by atoms with Crippen LogP contribution in [0.25, 0.3) is 0 Å². The van der Waals surface area contributed by atoms with Crippen LogP contribution in [0.4, 0.5) is 0 Å². The Labute approximate surface area is 151 Å². The second-order valence-electron chi connectivity index (χ2n) is 6.28. The van der Waals surface area contributed by atoms with Gasteiger partial charge < -0.3 is 20.1 Å². The van der Waals surface area contributed by atoms with Crippen LogP contribution < -0.4 is 10.6 Å². The molecule has 2 N–H and O–H groups in total. The molecule has 0 amide bonds. The van der Waals surface area contributed by atoms with Crippen molar-refractivity contribution in [3.8, 4) is 0 Å². The number of rotatable bonds is 9. The Morgan fingerprint density at radius 1 is 1.16 bits per heavy atom. The first kappa shape index (κ1) is 19.7. The van der Waals surface area contributed by atoms with Gasteiger partial charge in [-0.25, -0.2) is 0 Å². The third-order valence-corrected chi connectivity index (χ3v) is 4.37. The van der Waals surface area contributed by atoms with Crippen LogP contribution in [0.5, 0.6) is 0 Å². The van der Waals surface area contributed by atoms with Gasteiger partial charge in [0.25, 0.3) is 0 Å². The minimum absolute atomic E-state index is 0.479. The number of aliphatic imine (C=N–C) groups is 1. The van der Waals surface area contributed by atoms with Gasteiger partial charge in [-0.3, -0.25) is 9.89 Å². The summed E-state index contributed by atoms with van der Waals surface area (Å²) in [6.45, 7) is 5.93. The molecule has 1 heterocycles. The quantitative estimate of drug-likeness (QED) is 0.402. The van der Waals surface area contributed by atoms with Crippen molar-refractivity contribution in [1.82, 2.24) is 15.5 Å². The molecule has 0 aromatic heterocycles. The third-order valence-electron chi connectivity index (χ3n) is 4.37. The van der Waals surface area contributed by atoms with Crippen LogP contribution in [0.2, 0.25) is 0 Å². The molecule has 0 aliphatic carbocycles. The first-order chi connectivity index (χ1) is 12.3. The Kier molecular flexibility index (Phi) is 9.33. The van der Waals surface area contributed by atoms with Crippen molar-refractivity contribution in [2.45, 2.75) is 25.4 Å². The Bertz CT molecular complexity index is 487. The Balaban J connectivity index is 1.61. The molecule has 6 heteroatoms. The lowest BCUT2D eigenvalue weighted by atomic mass is 10.0. The van der Waals surface area contributed by atoms with Gasteiger partial charge in [0.05, 0.1) is 19.8 Å². The molecule has 1 aliphatic rings. The maximum absolute atomic E-state index is 5.45. The van der Waals surface area contributed by atoms with E-state index in [4.69, 9.17) is 9.47 Å². The number of ether oxygens (including phenoxy) is 2. The number of guanidine groups is 1. The van der Waals surface area contributed by atoms with E-state index in [0.717, 1.165) is 45.0 Å². The summed E-state index contributed by atoms with van der Waals surface area (Å²) < 4.78 is 10.4. The molecule has 1 saturated heterocycles. The normalized spacial score (nSPS) is 16.8. The van der Waals surface area contributed by atoms with Crippen molar-refractivity contribution in [1.29, 1.82) is 0 Å². The number of piperidine rings is 1. The van der Waals surface area contributed by atoms with Gasteiger partial charge in [0.1, 0.15) is 0 Å². The molecule has 0 radical (unpaired) electrons. The van der Waals surface area contributed by atoms with Crippen molar-refractivity contribution < 1.29 is 9.47 Å². The second-order valence-corrected chi connectivity index (χ2v) is 6.28. The van der Waals surface area contributed by atoms with E-state index in [2.05, 4.69) is 50.9 Å². The van der Waals surface area contributed by atoms with Crippen LogP contribution >= 0.6 is 0 Å². The number of nitrogens with one attached hydrogen (secondary N) is 2. The summed E-state index contributed by atoms with van der Waals surface area (Å²) in [5.74, 6) is 0.858. The topological polar surface area (TPSA) is 58.1 Å². The van der Waals surface area contributed by atoms with Gasteiger partial charge in [0.2, 0.25) is 0 Å². The number of hydrogen-bond donors (Lipinski definition) is 2. The predicted molar refractivity (Wildman–Crippen MR) is 102 cm³/mol. The van der Waals surface area contributed by atoms with Gasteiger partial charge in [-0.05, 0) is 18.4 Å². The van der Waals surface area contributed by atoms with Crippen molar-refractivity contribution in [2.24, 2.45) is 4.99 Å². The minimum Gasteiger partial charge on any atom is -0.382 e. The highest BCUT2D eigenvalue weighted by atomic mass is 16.5. The van der Waals surface area contributed by atoms with Gasteiger partial charge in [-0.2, -0.15) is 0 Å². The molecule has 1 aromatic carbocycles. The molecular formula is C19H32N4O2. The first-order valence-corrected chi connectivity index (χ1v) is 9.12. The van der Waals surface area contributed by atoms with E-state index in [0.29, 0.717) is 25.9 Å². The third kappa shape index (κ3) is 7.86. The molecule has 0 atom stereocenters. The number of nitrogens with zero attached hydrogens (tertiary/aromatic N) is 2. The molecule has 2 rings (SSSR count). The van der Waals surface area contributed by atoms with E-state index in [1.807, 2.05) is 7.05 Å². The lowest BCUT2D eigenvalue weighted by molar-refractivity contribution is 0.0733. The van der Waals surface area contributed by atoms with E-state index in [1.165, 1.54) is 5.56 Å². The smallest absolute Gasteiger partial charge is 0.191 e. The summed E-state index contributed by atoms with van der Waals surface area (Å²) in [6, 6.07) is 11.2. The van der Waals surface area contributed by atoms with Gasteiger partial charge >= 0.3 is 0 Å². The van der Waals surface area contributed by atoms with Gasteiger partial charge in [0, 0.05) is 46.4 Å². The van der Waals surface area contributed by atoms with Crippen LogP contribution in [0, 0.1) is 0 Å². The van der Waals surface area contributed by atoms with E-state index >= 15 is 0 Å². The lowest BCUT2D eigenvalue weighted by Crippen LogP contribution is -2.49. The zero-order valence-electron chi connectivity index (χ0n) is 15.5. The molecule has 1 fully saturated rings. The highest BCUT2D eigenvalue weighted by Gasteiger charge is 2.19. The lowest BCUT2D eigenvalue weighted by Gasteiger charge is -2.33. The molecule has 1 aliphatic heterocycles. The summed E-state index contributed by atoms with van der Waals surface area (Å²) in [7, 11) is 3.49. The predicted octanol–water partition coefficient (Wildman–Crippen LogP) is 1.48. The fraction of sp³-hybridized carbons (Fsp3) is 0.632. The van der Waals surface area contributed by atoms with E-state index < -0.39 is 0 Å². The van der Waals surface area contributed by atoms with Crippen LogP contribution in [0.1, 0.15) is 18.4 Å². The maximum Gasteiger partial charge on any atom is 0.191 e. The fourth-order valence-corrected chi connectivity index (χ4v) is 2.95. The first-order valence-electron chi connectivity index (χ1n) is 9.12. The zero-order chi connectivity index (χ0) is 17.7. The summed E-state index contributed by atoms with van der Waals surface area (Å²) >= 11 is 0. The van der Waals surface area contributed by atoms with Crippen LogP contribution in [-0.2, 0) is 16.0 Å². The Morgan fingerprint density at radius 3 is 2.60 bits per heavy atom. The Hall–Kier alpha value is -1.63. The summed E-state index contributed by atoms with van der Waals surface area (Å²) in [5.41, 5.74) is 1.39. The molecule has 0 bridgehead atoms. The van der Waals surface area contributed by atoms with Crippen LogP contribution in [0.15, 0.2) is 35.3 Å². The number of benzene rings is 1. The van der Waals surface area contributed by atoms with Crippen LogP contribution in [-0.4, -0.2) is 70.5 Å². The molecule has 140 valence electrons. The van der Waals surface area contributed by atoms with Crippen molar-refractivity contribution in [3.05, 3.63) is 35.9 Å². The SMILES string of the molecule is CN=C(NCCOCCOC)NC1CCN(Cc2ccccc2)CC1. The monoisotopic (exact) mass is 348 g/mol. The van der Waals surface area contributed by atoms with Gasteiger partial charge in [0.15, 0.2) is 5.96 Å². The number of likely N-dealkylation sites (tertiary alicyclic amines) is 1. The van der Waals surface area contributed by atoms with E-state index in [9.17, 15) is 0 Å². The van der Waals surface area contributed by atoms with Crippen molar-refractivity contribution >= 4 is 5.96 Å². The average Bonchev–Trinajstić information content (AvgIpc) is 2.66. The molecule has 0 saturated carbocycles. The van der Waals surface area contributed by atoms with E-state index in [-0.39, 0.29) is 0 Å². The molecule has 0 unspecified atom stereocenters. The van der Waals surface area contributed by atoms with E-state index in [1.54, 1.807) is 7.11 Å². The number of hydrogen-bond acceptors (Lipinski definition) is 4. The maximum atomic E-state index is 5.45. The summed E-state index contributed by atoms with van der Waals surface area (Å²) in [5, 5.41) is 6.83. The minimum atomic E-state index is 0.479. The molecule has 25 heavy (non-hydrogen) atoms. The van der Waals surface area contributed by atoms with Crippen molar-refractivity contribution in [2.75, 3.05) is 53.6 Å². The second kappa shape index (κ2) is 11.8. The molecule has 6 nitrogen and oxygen atoms in total. The molecular weight excluding hydrogens is 316 g/mol. The number of methoxy groups -OCH3 is 1.